The molecular weight excluding hydrogens is 408 g/mol. The number of fused-ring (bicyclic) bond motifs is 1. The zero-order valence-electron chi connectivity index (χ0n) is 17.8. The minimum absolute atomic E-state index is 0.0613. The Morgan fingerprint density at radius 3 is 2.41 bits per heavy atom. The van der Waals surface area contributed by atoms with Crippen molar-refractivity contribution in [3.8, 4) is 22.4 Å². The minimum Gasteiger partial charge on any atom is -0.340 e. The molecule has 5 aromatic rings. The van der Waals surface area contributed by atoms with Gasteiger partial charge in [0.15, 0.2) is 5.82 Å². The van der Waals surface area contributed by atoms with E-state index in [2.05, 4.69) is 25.2 Å². The predicted molar refractivity (Wildman–Crippen MR) is 117 cm³/mol. The van der Waals surface area contributed by atoms with Gasteiger partial charge in [0.1, 0.15) is 12.2 Å². The van der Waals surface area contributed by atoms with Gasteiger partial charge in [0.25, 0.3) is 0 Å². The van der Waals surface area contributed by atoms with Crippen LogP contribution in [0, 0.1) is 20.8 Å². The average Bonchev–Trinajstić information content (AvgIpc) is 3.31. The summed E-state index contributed by atoms with van der Waals surface area (Å²) in [6.45, 7) is 5.61. The number of anilines is 1. The third kappa shape index (κ3) is 3.31. The fourth-order valence-electron chi connectivity index (χ4n) is 3.86. The van der Waals surface area contributed by atoms with Crippen LogP contribution in [0.25, 0.3) is 28.0 Å². The number of H-pyrrole nitrogens is 1. The van der Waals surface area contributed by atoms with Gasteiger partial charge in [-0.05, 0) is 31.5 Å². The van der Waals surface area contributed by atoms with Crippen LogP contribution in [0.1, 0.15) is 23.1 Å². The van der Waals surface area contributed by atoms with Crippen molar-refractivity contribution < 1.29 is 9.51 Å². The van der Waals surface area contributed by atoms with E-state index >= 15 is 0 Å². The molecule has 0 aliphatic rings. The fourth-order valence-corrected chi connectivity index (χ4v) is 3.86. The molecule has 0 amide bonds. The Morgan fingerprint density at radius 2 is 1.75 bits per heavy atom. The number of aromatic amines is 1. The predicted octanol–water partition coefficient (Wildman–Crippen LogP) is 1.98. The first-order chi connectivity index (χ1) is 15.4. The molecule has 0 bridgehead atoms. The van der Waals surface area contributed by atoms with E-state index in [4.69, 9.17) is 10.3 Å². The van der Waals surface area contributed by atoms with Crippen molar-refractivity contribution in [1.29, 1.82) is 0 Å². The minimum atomic E-state index is -0.403. The molecule has 0 spiro atoms. The number of aryl methyl sites for hydroxylation is 3. The number of rotatable bonds is 4. The number of pyridine rings is 1. The summed E-state index contributed by atoms with van der Waals surface area (Å²) in [4.78, 5) is 25.1. The highest BCUT2D eigenvalue weighted by molar-refractivity contribution is 5.88. The van der Waals surface area contributed by atoms with E-state index in [-0.39, 0.29) is 12.5 Å². The second kappa shape index (κ2) is 7.41. The monoisotopic (exact) mass is 429 g/mol. The van der Waals surface area contributed by atoms with Gasteiger partial charge in [-0.25, -0.2) is 9.78 Å². The molecule has 5 rings (SSSR count). The zero-order valence-corrected chi connectivity index (χ0v) is 17.8. The van der Waals surface area contributed by atoms with E-state index < -0.39 is 5.69 Å². The quantitative estimate of drug-likeness (QED) is 0.462. The Hall–Kier alpha value is -4.34. The summed E-state index contributed by atoms with van der Waals surface area (Å²) in [7, 11) is 0. The van der Waals surface area contributed by atoms with Crippen molar-refractivity contribution in [3.63, 3.8) is 0 Å². The van der Waals surface area contributed by atoms with Crippen molar-refractivity contribution in [3.05, 3.63) is 76.1 Å². The second-order valence-corrected chi connectivity index (χ2v) is 7.59. The van der Waals surface area contributed by atoms with Crippen molar-refractivity contribution >= 4 is 11.6 Å². The van der Waals surface area contributed by atoms with Gasteiger partial charge in [-0.15, -0.1) is 9.50 Å². The largest absolute Gasteiger partial charge is 0.411 e. The summed E-state index contributed by atoms with van der Waals surface area (Å²) in [6, 6.07) is 13.7. The first kappa shape index (κ1) is 19.6. The van der Waals surface area contributed by atoms with E-state index in [0.717, 1.165) is 33.8 Å². The molecule has 0 unspecified atom stereocenters. The average molecular weight is 429 g/mol. The first-order valence-electron chi connectivity index (χ1n) is 10.1. The van der Waals surface area contributed by atoms with Crippen LogP contribution in [0.3, 0.4) is 0 Å². The maximum Gasteiger partial charge on any atom is 0.411 e. The van der Waals surface area contributed by atoms with Crippen LogP contribution >= 0.6 is 0 Å². The van der Waals surface area contributed by atoms with Gasteiger partial charge in [0.05, 0.1) is 5.56 Å². The molecule has 1 aromatic carbocycles. The van der Waals surface area contributed by atoms with E-state index in [1.54, 1.807) is 6.92 Å². The molecule has 0 saturated carbocycles. The highest BCUT2D eigenvalue weighted by atomic mass is 16.5. The Labute approximate surface area is 182 Å². The number of nitrogens with one attached hydrogen (secondary N) is 1. The lowest BCUT2D eigenvalue weighted by atomic mass is 9.99. The molecule has 10 heteroatoms. The number of hydrogen-bond acceptors (Lipinski definition) is 7. The van der Waals surface area contributed by atoms with Crippen LogP contribution in [0.4, 0.5) is 5.95 Å². The van der Waals surface area contributed by atoms with Crippen molar-refractivity contribution in [2.75, 3.05) is 5.73 Å². The van der Waals surface area contributed by atoms with Crippen LogP contribution < -0.4 is 16.4 Å². The summed E-state index contributed by atoms with van der Waals surface area (Å²) < 4.78 is 7.66. The third-order valence-corrected chi connectivity index (χ3v) is 5.10. The first-order valence-corrected chi connectivity index (χ1v) is 10.1. The number of nitrogen functional groups attached to an aromatic ring is 1. The van der Waals surface area contributed by atoms with Crippen LogP contribution in [0.15, 0.2) is 51.8 Å². The van der Waals surface area contributed by atoms with E-state index in [9.17, 15) is 4.79 Å². The molecule has 0 radical (unpaired) electrons. The Balaban J connectivity index is 1.83. The molecule has 0 aliphatic heterocycles. The number of aromatic nitrogens is 7. The van der Waals surface area contributed by atoms with Gasteiger partial charge in [0, 0.05) is 23.9 Å². The molecule has 4 aromatic heterocycles. The van der Waals surface area contributed by atoms with E-state index in [0.29, 0.717) is 17.4 Å². The molecule has 0 fully saturated rings. The summed E-state index contributed by atoms with van der Waals surface area (Å²) in [6.07, 6.45) is 0. The Morgan fingerprint density at radius 1 is 1.03 bits per heavy atom. The Kier molecular flexibility index (Phi) is 4.54. The number of hydrogen-bond donors (Lipinski definition) is 1. The standard InChI is InChI=1S/C22H20N8O2/c1-12-9-16(10-13(2)24-12)18-19(15-7-5-4-6-8-15)26-21(23)30-20(18)27-29(22(30)31)11-17-25-14(3)32-28-17/h4-10H,11H2,1-3H3,(H2,23,26)/p+1. The normalized spacial score (nSPS) is 11.3. The molecule has 0 saturated heterocycles. The van der Waals surface area contributed by atoms with Gasteiger partial charge in [-0.2, -0.15) is 9.67 Å². The highest BCUT2D eigenvalue weighted by Gasteiger charge is 2.26. The highest BCUT2D eigenvalue weighted by Crippen LogP contribution is 2.32. The van der Waals surface area contributed by atoms with Crippen molar-refractivity contribution in [2.24, 2.45) is 0 Å². The fraction of sp³-hybridized carbons (Fsp3) is 0.182. The molecule has 4 heterocycles. The summed E-state index contributed by atoms with van der Waals surface area (Å²) in [5.74, 6) is 0.945. The molecule has 0 atom stereocenters. The summed E-state index contributed by atoms with van der Waals surface area (Å²) in [5, 5.41) is 8.50. The van der Waals surface area contributed by atoms with Crippen LogP contribution in [-0.2, 0) is 6.54 Å². The van der Waals surface area contributed by atoms with Crippen molar-refractivity contribution in [1.82, 2.24) is 29.3 Å². The molecule has 10 nitrogen and oxygen atoms in total. The topological polar surface area (TPSA) is 131 Å². The molecule has 160 valence electrons. The summed E-state index contributed by atoms with van der Waals surface area (Å²) >= 11 is 0. The third-order valence-electron chi connectivity index (χ3n) is 5.10. The van der Waals surface area contributed by atoms with E-state index in [1.165, 1.54) is 9.08 Å². The van der Waals surface area contributed by atoms with Gasteiger partial charge in [0.2, 0.25) is 11.5 Å². The summed E-state index contributed by atoms with van der Waals surface area (Å²) in [5.41, 5.74) is 11.3. The zero-order chi connectivity index (χ0) is 22.4. The molecule has 32 heavy (non-hydrogen) atoms. The SMILES string of the molecule is Cc1cc(-c2c(-c3ccccc3)[nH+]c(N)n3c(=O)n(Cc4noc(C)n4)nc23)cc(C)n1. The maximum absolute atomic E-state index is 13.2. The van der Waals surface area contributed by atoms with Gasteiger partial charge >= 0.3 is 11.6 Å². The second-order valence-electron chi connectivity index (χ2n) is 7.59. The van der Waals surface area contributed by atoms with Gasteiger partial charge in [-0.3, -0.25) is 10.7 Å². The van der Waals surface area contributed by atoms with E-state index in [1.807, 2.05) is 56.3 Å². The van der Waals surface area contributed by atoms with Crippen LogP contribution in [0.2, 0.25) is 0 Å². The molecule has 0 aliphatic carbocycles. The van der Waals surface area contributed by atoms with Gasteiger partial charge < -0.3 is 4.52 Å². The number of nitrogens with zero attached hydrogens (tertiary/aromatic N) is 6. The lowest BCUT2D eigenvalue weighted by Crippen LogP contribution is -2.28. The van der Waals surface area contributed by atoms with Crippen LogP contribution in [0.5, 0.6) is 0 Å². The Bertz CT molecular complexity index is 1490. The number of benzene rings is 1. The van der Waals surface area contributed by atoms with Crippen LogP contribution in [-0.4, -0.2) is 29.3 Å². The molecular formula is C22H21N8O2+. The molecule has 3 N–H and O–H groups in total. The number of nitrogens with two attached hydrogens (primary N) is 1. The lowest BCUT2D eigenvalue weighted by molar-refractivity contribution is -0.351. The maximum atomic E-state index is 13.2. The van der Waals surface area contributed by atoms with Gasteiger partial charge in [-0.1, -0.05) is 35.5 Å². The lowest BCUT2D eigenvalue weighted by Gasteiger charge is -2.10. The van der Waals surface area contributed by atoms with Crippen molar-refractivity contribution in [2.45, 2.75) is 27.3 Å². The smallest absolute Gasteiger partial charge is 0.340 e.